The summed E-state index contributed by atoms with van der Waals surface area (Å²) in [5.74, 6) is 5.86. The second-order valence-corrected chi connectivity index (χ2v) is 8.79. The first kappa shape index (κ1) is 24.4. The highest BCUT2D eigenvalue weighted by Gasteiger charge is 2.34. The number of benzene rings is 2. The molecule has 4 rings (SSSR count). The van der Waals surface area contributed by atoms with E-state index in [2.05, 4.69) is 16.7 Å². The van der Waals surface area contributed by atoms with Crippen LogP contribution in [0.15, 0.2) is 42.5 Å². The molecule has 2 aromatic rings. The number of nitro benzene ring substituents is 1. The SMILES string of the molecule is O=C1c2ccccc2C(=O)N1CCCCCOc1ccc(C#CCN2CCCCC2)cc1[N+](=O)[O-]. The Labute approximate surface area is 205 Å². The van der Waals surface area contributed by atoms with E-state index >= 15 is 0 Å². The van der Waals surface area contributed by atoms with Crippen LogP contribution in [-0.2, 0) is 0 Å². The number of nitro groups is 1. The molecule has 0 bridgehead atoms. The molecule has 8 nitrogen and oxygen atoms in total. The van der Waals surface area contributed by atoms with Gasteiger partial charge >= 0.3 is 5.69 Å². The number of amides is 2. The van der Waals surface area contributed by atoms with Crippen molar-refractivity contribution in [3.05, 3.63) is 69.3 Å². The smallest absolute Gasteiger partial charge is 0.312 e. The average molecular weight is 476 g/mol. The van der Waals surface area contributed by atoms with Crippen LogP contribution < -0.4 is 4.74 Å². The summed E-state index contributed by atoms with van der Waals surface area (Å²) >= 11 is 0. The van der Waals surface area contributed by atoms with E-state index in [9.17, 15) is 19.7 Å². The van der Waals surface area contributed by atoms with Gasteiger partial charge < -0.3 is 4.74 Å². The van der Waals surface area contributed by atoms with Crippen LogP contribution in [0.3, 0.4) is 0 Å². The Bertz CT molecular complexity index is 1130. The highest BCUT2D eigenvalue weighted by molar-refractivity contribution is 6.21. The molecule has 8 heteroatoms. The highest BCUT2D eigenvalue weighted by atomic mass is 16.6. The molecule has 0 aromatic heterocycles. The fourth-order valence-electron chi connectivity index (χ4n) is 4.40. The molecule has 0 spiro atoms. The maximum absolute atomic E-state index is 12.4. The number of likely N-dealkylation sites (tertiary alicyclic amines) is 1. The lowest BCUT2D eigenvalue weighted by Gasteiger charge is -2.23. The Kier molecular flexibility index (Phi) is 8.11. The van der Waals surface area contributed by atoms with Crippen molar-refractivity contribution < 1.29 is 19.2 Å². The first-order chi connectivity index (χ1) is 17.0. The molecule has 0 aliphatic carbocycles. The van der Waals surface area contributed by atoms with E-state index in [0.717, 1.165) is 19.5 Å². The maximum atomic E-state index is 12.4. The minimum Gasteiger partial charge on any atom is -0.487 e. The zero-order valence-electron chi connectivity index (χ0n) is 19.7. The summed E-state index contributed by atoms with van der Waals surface area (Å²) < 4.78 is 5.67. The fourth-order valence-corrected chi connectivity index (χ4v) is 4.40. The molecule has 182 valence electrons. The number of ether oxygens (including phenoxy) is 1. The lowest BCUT2D eigenvalue weighted by Crippen LogP contribution is -2.30. The molecule has 0 unspecified atom stereocenters. The molecule has 2 aliphatic rings. The zero-order valence-corrected chi connectivity index (χ0v) is 19.7. The first-order valence-corrected chi connectivity index (χ1v) is 12.1. The van der Waals surface area contributed by atoms with E-state index in [1.54, 1.807) is 36.4 Å². The van der Waals surface area contributed by atoms with Crippen LogP contribution in [-0.4, -0.2) is 59.3 Å². The summed E-state index contributed by atoms with van der Waals surface area (Å²) in [5.41, 5.74) is 1.41. The van der Waals surface area contributed by atoms with Gasteiger partial charge in [-0.15, -0.1) is 0 Å². The van der Waals surface area contributed by atoms with E-state index in [1.165, 1.54) is 30.2 Å². The van der Waals surface area contributed by atoms with Crippen LogP contribution in [0.1, 0.15) is 64.8 Å². The lowest BCUT2D eigenvalue weighted by molar-refractivity contribution is -0.385. The topological polar surface area (TPSA) is 93.0 Å². The summed E-state index contributed by atoms with van der Waals surface area (Å²) in [6.07, 6.45) is 5.68. The molecular weight excluding hydrogens is 446 g/mol. The number of unbranched alkanes of at least 4 members (excludes halogenated alkanes) is 2. The number of fused-ring (bicyclic) bond motifs is 1. The van der Waals surface area contributed by atoms with Gasteiger partial charge in [0.15, 0.2) is 5.75 Å². The number of hydrogen-bond donors (Lipinski definition) is 0. The van der Waals surface area contributed by atoms with Crippen molar-refractivity contribution in [1.82, 2.24) is 9.80 Å². The predicted molar refractivity (Wildman–Crippen MR) is 131 cm³/mol. The van der Waals surface area contributed by atoms with Crippen LogP contribution in [0.25, 0.3) is 0 Å². The molecule has 2 amide bonds. The van der Waals surface area contributed by atoms with Gasteiger partial charge in [0.05, 0.1) is 29.2 Å². The number of piperidine rings is 1. The summed E-state index contributed by atoms with van der Waals surface area (Å²) in [6.45, 7) is 3.44. The number of rotatable bonds is 9. The van der Waals surface area contributed by atoms with E-state index in [1.807, 2.05) is 0 Å². The summed E-state index contributed by atoms with van der Waals surface area (Å²) in [7, 11) is 0. The van der Waals surface area contributed by atoms with Crippen molar-refractivity contribution in [3.63, 3.8) is 0 Å². The maximum Gasteiger partial charge on any atom is 0.312 e. The van der Waals surface area contributed by atoms with Crippen molar-refractivity contribution >= 4 is 17.5 Å². The van der Waals surface area contributed by atoms with Crippen molar-refractivity contribution in [2.75, 3.05) is 32.8 Å². The Balaban J connectivity index is 1.22. The normalized spacial score (nSPS) is 15.5. The third-order valence-corrected chi connectivity index (χ3v) is 6.30. The Morgan fingerprint density at radius 2 is 1.66 bits per heavy atom. The molecule has 0 saturated carbocycles. The highest BCUT2D eigenvalue weighted by Crippen LogP contribution is 2.28. The molecule has 35 heavy (non-hydrogen) atoms. The van der Waals surface area contributed by atoms with E-state index in [-0.39, 0.29) is 23.3 Å². The van der Waals surface area contributed by atoms with Crippen LogP contribution in [0.2, 0.25) is 0 Å². The fraction of sp³-hybridized carbons (Fsp3) is 0.407. The standard InChI is InChI=1S/C27H29N3O5/c31-26-22-11-3-4-12-23(22)27(32)29(26)18-7-2-8-19-35-25-14-13-21(20-24(25)30(33)34)10-9-17-28-15-5-1-6-16-28/h3-4,11-14,20H,1-2,5-8,15-19H2. The Morgan fingerprint density at radius 3 is 2.34 bits per heavy atom. The van der Waals surface area contributed by atoms with Crippen molar-refractivity contribution in [1.29, 1.82) is 0 Å². The molecular formula is C27H29N3O5. The lowest BCUT2D eigenvalue weighted by atomic mass is 10.1. The number of carbonyl (C=O) groups excluding carboxylic acids is 2. The predicted octanol–water partition coefficient (Wildman–Crippen LogP) is 4.28. The summed E-state index contributed by atoms with van der Waals surface area (Å²) in [4.78, 5) is 39.4. The van der Waals surface area contributed by atoms with Crippen molar-refractivity contribution in [3.8, 4) is 17.6 Å². The minimum absolute atomic E-state index is 0.0965. The van der Waals surface area contributed by atoms with Gasteiger partial charge in [0.2, 0.25) is 0 Å². The molecule has 2 heterocycles. The monoisotopic (exact) mass is 475 g/mol. The van der Waals surface area contributed by atoms with Crippen LogP contribution in [0, 0.1) is 22.0 Å². The van der Waals surface area contributed by atoms with Gasteiger partial charge in [-0.05, 0) is 69.5 Å². The third-order valence-electron chi connectivity index (χ3n) is 6.30. The van der Waals surface area contributed by atoms with E-state index < -0.39 is 4.92 Å². The van der Waals surface area contributed by atoms with E-state index in [4.69, 9.17) is 4.74 Å². The van der Waals surface area contributed by atoms with Gasteiger partial charge in [-0.25, -0.2) is 0 Å². The van der Waals surface area contributed by atoms with Gasteiger partial charge in [0.25, 0.3) is 11.8 Å². The van der Waals surface area contributed by atoms with Gasteiger partial charge in [-0.3, -0.25) is 29.5 Å². The van der Waals surface area contributed by atoms with Crippen molar-refractivity contribution in [2.24, 2.45) is 0 Å². The van der Waals surface area contributed by atoms with Crippen molar-refractivity contribution in [2.45, 2.75) is 38.5 Å². The summed E-state index contributed by atoms with van der Waals surface area (Å²) in [6, 6.07) is 11.6. The van der Waals surface area contributed by atoms with Crippen LogP contribution >= 0.6 is 0 Å². The molecule has 2 aromatic carbocycles. The number of hydrogen-bond acceptors (Lipinski definition) is 6. The Hall–Kier alpha value is -3.70. The molecule has 2 aliphatic heterocycles. The second-order valence-electron chi connectivity index (χ2n) is 8.79. The van der Waals surface area contributed by atoms with Crippen LogP contribution in [0.4, 0.5) is 5.69 Å². The number of carbonyl (C=O) groups is 2. The minimum atomic E-state index is -0.451. The van der Waals surface area contributed by atoms with Crippen LogP contribution in [0.5, 0.6) is 5.75 Å². The number of imide groups is 1. The molecule has 0 N–H and O–H groups in total. The molecule has 1 fully saturated rings. The summed E-state index contributed by atoms with van der Waals surface area (Å²) in [5, 5.41) is 11.5. The second kappa shape index (κ2) is 11.6. The zero-order chi connectivity index (χ0) is 24.6. The van der Waals surface area contributed by atoms with Gasteiger partial charge in [0.1, 0.15) is 0 Å². The third kappa shape index (κ3) is 6.06. The van der Waals surface area contributed by atoms with Gasteiger partial charge in [0, 0.05) is 18.2 Å². The molecule has 1 saturated heterocycles. The van der Waals surface area contributed by atoms with E-state index in [0.29, 0.717) is 49.2 Å². The number of nitrogens with zero attached hydrogens (tertiary/aromatic N) is 3. The largest absolute Gasteiger partial charge is 0.487 e. The van der Waals surface area contributed by atoms with Gasteiger partial charge in [-0.2, -0.15) is 0 Å². The molecule has 0 radical (unpaired) electrons. The first-order valence-electron chi connectivity index (χ1n) is 12.1. The quantitative estimate of drug-likeness (QED) is 0.177. The average Bonchev–Trinajstić information content (AvgIpc) is 3.12. The Morgan fingerprint density at radius 1 is 0.943 bits per heavy atom. The molecule has 0 atom stereocenters. The van der Waals surface area contributed by atoms with Gasteiger partial charge in [-0.1, -0.05) is 30.4 Å².